The summed E-state index contributed by atoms with van der Waals surface area (Å²) in [7, 11) is 0. The molecule has 28 heavy (non-hydrogen) atoms. The van der Waals surface area contributed by atoms with E-state index in [4.69, 9.17) is 11.6 Å². The molecule has 1 heterocycles. The maximum Gasteiger partial charge on any atom is 0.238 e. The number of piperazine rings is 1. The van der Waals surface area contributed by atoms with E-state index in [1.807, 2.05) is 19.1 Å². The van der Waals surface area contributed by atoms with Gasteiger partial charge in [0.1, 0.15) is 0 Å². The molecule has 1 aromatic carbocycles. The van der Waals surface area contributed by atoms with Crippen molar-refractivity contribution in [2.75, 3.05) is 38.0 Å². The lowest BCUT2D eigenvalue weighted by molar-refractivity contribution is -0.128. The first-order chi connectivity index (χ1) is 13.5. The first-order valence-corrected chi connectivity index (χ1v) is 10.7. The van der Waals surface area contributed by atoms with Gasteiger partial charge in [0.05, 0.1) is 23.3 Å². The lowest BCUT2D eigenvalue weighted by Gasteiger charge is -2.37. The number of carbonyl (C=O) groups is 2. The highest BCUT2D eigenvalue weighted by molar-refractivity contribution is 6.33. The Morgan fingerprint density at radius 3 is 2.46 bits per heavy atom. The first-order valence-electron chi connectivity index (χ1n) is 10.3. The highest BCUT2D eigenvalue weighted by Crippen LogP contribution is 2.20. The Kier molecular flexibility index (Phi) is 7.71. The Morgan fingerprint density at radius 1 is 1.11 bits per heavy atom. The van der Waals surface area contributed by atoms with Crippen LogP contribution in [0.1, 0.15) is 39.0 Å². The molecule has 154 valence electrons. The van der Waals surface area contributed by atoms with Crippen molar-refractivity contribution in [1.29, 1.82) is 0 Å². The minimum Gasteiger partial charge on any atom is -0.352 e. The van der Waals surface area contributed by atoms with Gasteiger partial charge in [0.15, 0.2) is 0 Å². The van der Waals surface area contributed by atoms with Crippen molar-refractivity contribution in [2.45, 2.75) is 51.1 Å². The van der Waals surface area contributed by atoms with E-state index in [9.17, 15) is 9.59 Å². The van der Waals surface area contributed by atoms with Gasteiger partial charge in [-0.2, -0.15) is 0 Å². The molecular weight excluding hydrogens is 376 g/mol. The van der Waals surface area contributed by atoms with Crippen LogP contribution < -0.4 is 10.6 Å². The number of para-hydroxylation sites is 1. The summed E-state index contributed by atoms with van der Waals surface area (Å²) in [5.74, 6) is 0.0708. The average Bonchev–Trinajstić information content (AvgIpc) is 2.70. The number of halogens is 1. The van der Waals surface area contributed by atoms with Crippen LogP contribution >= 0.6 is 11.6 Å². The van der Waals surface area contributed by atoms with Crippen molar-refractivity contribution in [3.8, 4) is 0 Å². The fourth-order valence-electron chi connectivity index (χ4n) is 4.00. The molecule has 0 unspecified atom stereocenters. The number of hydrogen-bond donors (Lipinski definition) is 2. The molecule has 2 aliphatic rings. The maximum atomic E-state index is 12.6. The van der Waals surface area contributed by atoms with Crippen molar-refractivity contribution in [3.63, 3.8) is 0 Å². The molecular formula is C21H31ClN4O2. The summed E-state index contributed by atoms with van der Waals surface area (Å²) in [6.07, 6.45) is 5.93. The van der Waals surface area contributed by atoms with E-state index in [1.54, 1.807) is 12.1 Å². The predicted molar refractivity (Wildman–Crippen MR) is 113 cm³/mol. The summed E-state index contributed by atoms with van der Waals surface area (Å²) in [6, 6.07) is 7.46. The number of nitrogens with one attached hydrogen (secondary N) is 2. The SMILES string of the molecule is C[C@H](C(=O)NC1CCCCC1)N1CCN(CC(=O)Nc2ccccc2Cl)CC1. The van der Waals surface area contributed by atoms with Gasteiger partial charge in [-0.05, 0) is 31.9 Å². The molecule has 0 bridgehead atoms. The molecule has 2 amide bonds. The molecule has 3 rings (SSSR count). The minimum atomic E-state index is -0.124. The van der Waals surface area contributed by atoms with Crippen molar-refractivity contribution in [3.05, 3.63) is 29.3 Å². The Balaban J connectivity index is 1.40. The van der Waals surface area contributed by atoms with Crippen LogP contribution in [0.4, 0.5) is 5.69 Å². The Hall–Kier alpha value is -1.63. The molecule has 0 aromatic heterocycles. The summed E-state index contributed by atoms with van der Waals surface area (Å²) in [5, 5.41) is 6.63. The molecule has 1 atom stereocenters. The van der Waals surface area contributed by atoms with Crippen LogP contribution in [-0.2, 0) is 9.59 Å². The molecule has 1 saturated carbocycles. The average molecular weight is 407 g/mol. The smallest absolute Gasteiger partial charge is 0.238 e. The van der Waals surface area contributed by atoms with Crippen molar-refractivity contribution in [2.24, 2.45) is 0 Å². The topological polar surface area (TPSA) is 64.7 Å². The minimum absolute atomic E-state index is 0.0651. The zero-order chi connectivity index (χ0) is 19.9. The molecule has 0 radical (unpaired) electrons. The highest BCUT2D eigenvalue weighted by atomic mass is 35.5. The van der Waals surface area contributed by atoms with Crippen LogP contribution in [0.2, 0.25) is 5.02 Å². The van der Waals surface area contributed by atoms with E-state index >= 15 is 0 Å². The third-order valence-electron chi connectivity index (χ3n) is 5.80. The number of benzene rings is 1. The van der Waals surface area contributed by atoms with Gasteiger partial charge in [0, 0.05) is 32.2 Å². The van der Waals surface area contributed by atoms with Crippen molar-refractivity contribution in [1.82, 2.24) is 15.1 Å². The van der Waals surface area contributed by atoms with Crippen molar-refractivity contribution >= 4 is 29.1 Å². The van der Waals surface area contributed by atoms with Gasteiger partial charge in [-0.1, -0.05) is 43.0 Å². The third kappa shape index (κ3) is 5.93. The maximum absolute atomic E-state index is 12.6. The molecule has 6 nitrogen and oxygen atoms in total. The summed E-state index contributed by atoms with van der Waals surface area (Å²) in [5.41, 5.74) is 0.640. The molecule has 2 fully saturated rings. The van der Waals surface area contributed by atoms with E-state index in [0.717, 1.165) is 39.0 Å². The second kappa shape index (κ2) is 10.2. The van der Waals surface area contributed by atoms with Crippen LogP contribution in [-0.4, -0.2) is 66.4 Å². The van der Waals surface area contributed by atoms with Gasteiger partial charge in [-0.3, -0.25) is 19.4 Å². The molecule has 1 aliphatic carbocycles. The van der Waals surface area contributed by atoms with Gasteiger partial charge in [-0.15, -0.1) is 0 Å². The van der Waals surface area contributed by atoms with Crippen LogP contribution in [0, 0.1) is 0 Å². The van der Waals surface area contributed by atoms with E-state index in [-0.39, 0.29) is 17.9 Å². The van der Waals surface area contributed by atoms with Crippen LogP contribution in [0.15, 0.2) is 24.3 Å². The normalized spacial score (nSPS) is 20.5. The largest absolute Gasteiger partial charge is 0.352 e. The number of carbonyl (C=O) groups excluding carboxylic acids is 2. The molecule has 7 heteroatoms. The highest BCUT2D eigenvalue weighted by Gasteiger charge is 2.27. The molecule has 2 N–H and O–H groups in total. The van der Waals surface area contributed by atoms with E-state index in [0.29, 0.717) is 23.3 Å². The first kappa shape index (κ1) is 21.1. The van der Waals surface area contributed by atoms with Gasteiger partial charge in [0.2, 0.25) is 11.8 Å². The summed E-state index contributed by atoms with van der Waals surface area (Å²) in [4.78, 5) is 29.2. The zero-order valence-electron chi connectivity index (χ0n) is 16.6. The zero-order valence-corrected chi connectivity index (χ0v) is 17.4. The molecule has 1 aromatic rings. The number of hydrogen-bond acceptors (Lipinski definition) is 4. The second-order valence-electron chi connectivity index (χ2n) is 7.86. The molecule has 0 spiro atoms. The standard InChI is InChI=1S/C21H31ClN4O2/c1-16(21(28)23-17-7-3-2-4-8-17)26-13-11-25(12-14-26)15-20(27)24-19-10-6-5-9-18(19)22/h5-6,9-10,16-17H,2-4,7-8,11-15H2,1H3,(H,23,28)(H,24,27)/t16-/m1/s1. The number of nitrogens with zero attached hydrogens (tertiary/aromatic N) is 2. The fourth-order valence-corrected chi connectivity index (χ4v) is 4.18. The Labute approximate surface area is 172 Å². The summed E-state index contributed by atoms with van der Waals surface area (Å²) in [6.45, 7) is 5.45. The number of rotatable bonds is 6. The van der Waals surface area contributed by atoms with E-state index in [2.05, 4.69) is 20.4 Å². The van der Waals surface area contributed by atoms with Gasteiger partial charge in [0.25, 0.3) is 0 Å². The lowest BCUT2D eigenvalue weighted by atomic mass is 9.95. The fraction of sp³-hybridized carbons (Fsp3) is 0.619. The monoisotopic (exact) mass is 406 g/mol. The quantitative estimate of drug-likeness (QED) is 0.762. The Bertz CT molecular complexity index is 670. The van der Waals surface area contributed by atoms with Gasteiger partial charge < -0.3 is 10.6 Å². The van der Waals surface area contributed by atoms with Crippen molar-refractivity contribution < 1.29 is 9.59 Å². The van der Waals surface area contributed by atoms with Crippen LogP contribution in [0.3, 0.4) is 0 Å². The van der Waals surface area contributed by atoms with Gasteiger partial charge in [-0.25, -0.2) is 0 Å². The molecule has 1 aliphatic heterocycles. The summed E-state index contributed by atoms with van der Waals surface area (Å²) >= 11 is 6.09. The lowest BCUT2D eigenvalue weighted by Crippen LogP contribution is -2.55. The predicted octanol–water partition coefficient (Wildman–Crippen LogP) is 2.73. The van der Waals surface area contributed by atoms with E-state index in [1.165, 1.54) is 19.3 Å². The van der Waals surface area contributed by atoms with Gasteiger partial charge >= 0.3 is 0 Å². The van der Waals surface area contributed by atoms with Crippen LogP contribution in [0.25, 0.3) is 0 Å². The number of amides is 2. The van der Waals surface area contributed by atoms with E-state index < -0.39 is 0 Å². The Morgan fingerprint density at radius 2 is 1.79 bits per heavy atom. The van der Waals surface area contributed by atoms with Crippen LogP contribution in [0.5, 0.6) is 0 Å². The third-order valence-corrected chi connectivity index (χ3v) is 6.13. The number of anilines is 1. The summed E-state index contributed by atoms with van der Waals surface area (Å²) < 4.78 is 0. The second-order valence-corrected chi connectivity index (χ2v) is 8.27. The molecule has 1 saturated heterocycles.